The Balaban J connectivity index is 2.92. The monoisotopic (exact) mass is 256 g/mol. The molecule has 0 saturated carbocycles. The van der Waals surface area contributed by atoms with Crippen molar-refractivity contribution in [2.75, 3.05) is 0 Å². The topological polar surface area (TPSA) is 57.5 Å². The normalized spacial score (nSPS) is 16.3. The SMILES string of the molecule is O=S(O)C(O)c1sccc1Br. The highest BCUT2D eigenvalue weighted by atomic mass is 79.9. The lowest BCUT2D eigenvalue weighted by Gasteiger charge is -2.02. The molecule has 0 aromatic carbocycles. The molecule has 2 unspecified atom stereocenters. The number of aliphatic hydroxyl groups is 1. The van der Waals surface area contributed by atoms with Gasteiger partial charge in [0.05, 0.1) is 4.88 Å². The van der Waals surface area contributed by atoms with E-state index in [0.29, 0.717) is 9.35 Å². The molecule has 0 radical (unpaired) electrons. The third kappa shape index (κ3) is 2.09. The van der Waals surface area contributed by atoms with Crippen LogP contribution in [-0.4, -0.2) is 13.9 Å². The van der Waals surface area contributed by atoms with Crippen LogP contribution in [-0.2, 0) is 11.1 Å². The van der Waals surface area contributed by atoms with Gasteiger partial charge in [-0.3, -0.25) is 0 Å². The smallest absolute Gasteiger partial charge is 0.190 e. The Kier molecular flexibility index (Phi) is 3.20. The van der Waals surface area contributed by atoms with Crippen LogP contribution >= 0.6 is 27.3 Å². The van der Waals surface area contributed by atoms with Gasteiger partial charge < -0.3 is 9.66 Å². The average Bonchev–Trinajstić information content (AvgIpc) is 2.33. The molecule has 1 aromatic rings. The Bertz CT molecular complexity index is 272. The van der Waals surface area contributed by atoms with Crippen molar-refractivity contribution in [2.45, 2.75) is 5.44 Å². The van der Waals surface area contributed by atoms with Crippen LogP contribution in [0.3, 0.4) is 0 Å². The van der Waals surface area contributed by atoms with E-state index in [-0.39, 0.29) is 0 Å². The maximum Gasteiger partial charge on any atom is 0.190 e. The fourth-order valence-corrected chi connectivity index (χ4v) is 2.90. The van der Waals surface area contributed by atoms with E-state index in [1.165, 1.54) is 11.3 Å². The second kappa shape index (κ2) is 3.77. The van der Waals surface area contributed by atoms with Gasteiger partial charge in [0, 0.05) is 4.47 Å². The summed E-state index contributed by atoms with van der Waals surface area (Å²) in [5.74, 6) is 0. The van der Waals surface area contributed by atoms with Crippen LogP contribution in [0, 0.1) is 0 Å². The maximum absolute atomic E-state index is 10.4. The van der Waals surface area contributed by atoms with Crippen LogP contribution in [0.4, 0.5) is 0 Å². The van der Waals surface area contributed by atoms with E-state index in [4.69, 9.17) is 9.66 Å². The molecule has 1 rings (SSSR count). The highest BCUT2D eigenvalue weighted by Gasteiger charge is 2.17. The lowest BCUT2D eigenvalue weighted by Crippen LogP contribution is -2.02. The van der Waals surface area contributed by atoms with Crippen LogP contribution in [0.25, 0.3) is 0 Å². The Hall–Kier alpha value is 0.250. The van der Waals surface area contributed by atoms with Gasteiger partial charge in [0.2, 0.25) is 0 Å². The van der Waals surface area contributed by atoms with E-state index in [1.54, 1.807) is 11.4 Å². The molecule has 2 atom stereocenters. The molecule has 0 fully saturated rings. The predicted molar refractivity (Wildman–Crippen MR) is 47.8 cm³/mol. The summed E-state index contributed by atoms with van der Waals surface area (Å²) in [6, 6.07) is 1.72. The summed E-state index contributed by atoms with van der Waals surface area (Å²) < 4.78 is 19.6. The van der Waals surface area contributed by atoms with Crippen molar-refractivity contribution in [3.05, 3.63) is 20.8 Å². The zero-order valence-corrected chi connectivity index (χ0v) is 8.45. The second-order valence-corrected chi connectivity index (χ2v) is 4.56. The first-order valence-electron chi connectivity index (χ1n) is 2.63. The zero-order valence-electron chi connectivity index (χ0n) is 5.23. The quantitative estimate of drug-likeness (QED) is 0.793. The summed E-state index contributed by atoms with van der Waals surface area (Å²) in [5.41, 5.74) is -1.30. The molecule has 0 saturated heterocycles. The van der Waals surface area contributed by atoms with E-state index in [1.807, 2.05) is 0 Å². The first-order chi connectivity index (χ1) is 5.13. The first-order valence-corrected chi connectivity index (χ1v) is 5.48. The molecule has 0 aliphatic carbocycles. The van der Waals surface area contributed by atoms with Crippen LogP contribution in [0.5, 0.6) is 0 Å². The molecule has 3 nitrogen and oxygen atoms in total. The van der Waals surface area contributed by atoms with Crippen molar-refractivity contribution in [1.82, 2.24) is 0 Å². The number of thiophene rings is 1. The Morgan fingerprint density at radius 3 is 2.73 bits per heavy atom. The molecule has 1 heterocycles. The molecule has 0 amide bonds. The van der Waals surface area contributed by atoms with Gasteiger partial charge in [-0.05, 0) is 27.4 Å². The Morgan fingerprint density at radius 1 is 1.73 bits per heavy atom. The van der Waals surface area contributed by atoms with Crippen molar-refractivity contribution in [1.29, 1.82) is 0 Å². The minimum Gasteiger partial charge on any atom is -0.373 e. The fraction of sp³-hybridized carbons (Fsp3) is 0.200. The summed E-state index contributed by atoms with van der Waals surface area (Å²) >= 11 is 2.16. The fourth-order valence-electron chi connectivity index (χ4n) is 0.573. The minimum atomic E-state index is -2.21. The highest BCUT2D eigenvalue weighted by Crippen LogP contribution is 2.29. The van der Waals surface area contributed by atoms with Crippen molar-refractivity contribution in [3.8, 4) is 0 Å². The standard InChI is InChI=1S/C5H5BrO3S2/c6-3-1-2-10-4(3)5(7)11(8)9/h1-2,5,7H,(H,8,9). The molecule has 11 heavy (non-hydrogen) atoms. The van der Waals surface area contributed by atoms with Gasteiger partial charge in [-0.15, -0.1) is 11.3 Å². The first kappa shape index (κ1) is 9.34. The second-order valence-electron chi connectivity index (χ2n) is 1.76. The number of aliphatic hydroxyl groups excluding tert-OH is 1. The van der Waals surface area contributed by atoms with Crippen molar-refractivity contribution < 1.29 is 13.9 Å². The van der Waals surface area contributed by atoms with Gasteiger partial charge in [0.15, 0.2) is 16.5 Å². The lowest BCUT2D eigenvalue weighted by molar-refractivity contribution is 0.254. The summed E-state index contributed by atoms with van der Waals surface area (Å²) in [7, 11) is 0. The van der Waals surface area contributed by atoms with E-state index < -0.39 is 16.5 Å². The van der Waals surface area contributed by atoms with Crippen molar-refractivity contribution >= 4 is 38.3 Å². The van der Waals surface area contributed by atoms with Crippen LogP contribution in [0.15, 0.2) is 15.9 Å². The van der Waals surface area contributed by atoms with Crippen molar-refractivity contribution in [3.63, 3.8) is 0 Å². The number of hydrogen-bond acceptors (Lipinski definition) is 3. The van der Waals surface area contributed by atoms with Crippen LogP contribution in [0.1, 0.15) is 10.3 Å². The highest BCUT2D eigenvalue weighted by molar-refractivity contribution is 9.10. The summed E-state index contributed by atoms with van der Waals surface area (Å²) in [6.07, 6.45) is 0. The molecule has 0 aliphatic heterocycles. The predicted octanol–water partition coefficient (Wildman–Crippen LogP) is 1.72. The molecular formula is C5H5BrO3S2. The Morgan fingerprint density at radius 2 is 2.36 bits per heavy atom. The molecule has 1 aromatic heterocycles. The van der Waals surface area contributed by atoms with Gasteiger partial charge >= 0.3 is 0 Å². The molecule has 0 spiro atoms. The van der Waals surface area contributed by atoms with Crippen molar-refractivity contribution in [2.24, 2.45) is 0 Å². The third-order valence-corrected chi connectivity index (χ3v) is 3.75. The van der Waals surface area contributed by atoms with Gasteiger partial charge in [-0.2, -0.15) is 0 Å². The molecular weight excluding hydrogens is 252 g/mol. The maximum atomic E-state index is 10.4. The van der Waals surface area contributed by atoms with E-state index in [0.717, 1.165) is 0 Å². The van der Waals surface area contributed by atoms with Gasteiger partial charge in [0.1, 0.15) is 0 Å². The molecule has 2 N–H and O–H groups in total. The number of rotatable bonds is 2. The molecule has 6 heteroatoms. The number of hydrogen-bond donors (Lipinski definition) is 2. The average molecular weight is 257 g/mol. The molecule has 0 bridgehead atoms. The largest absolute Gasteiger partial charge is 0.373 e. The number of halogens is 1. The Labute approximate surface area is 78.5 Å². The molecule has 62 valence electrons. The third-order valence-electron chi connectivity index (χ3n) is 1.06. The summed E-state index contributed by atoms with van der Waals surface area (Å²) in [4.78, 5) is 0.478. The molecule has 0 aliphatic rings. The van der Waals surface area contributed by atoms with Gasteiger partial charge in [0.25, 0.3) is 0 Å². The van der Waals surface area contributed by atoms with Crippen LogP contribution < -0.4 is 0 Å². The lowest BCUT2D eigenvalue weighted by atomic mass is 10.5. The summed E-state index contributed by atoms with van der Waals surface area (Å²) in [6.45, 7) is 0. The van der Waals surface area contributed by atoms with E-state index in [9.17, 15) is 4.21 Å². The van der Waals surface area contributed by atoms with E-state index >= 15 is 0 Å². The van der Waals surface area contributed by atoms with Gasteiger partial charge in [-0.25, -0.2) is 4.21 Å². The zero-order chi connectivity index (χ0) is 8.43. The minimum absolute atomic E-state index is 0.478. The van der Waals surface area contributed by atoms with Crippen LogP contribution in [0.2, 0.25) is 0 Å². The van der Waals surface area contributed by atoms with E-state index in [2.05, 4.69) is 15.9 Å². The van der Waals surface area contributed by atoms with Gasteiger partial charge in [-0.1, -0.05) is 0 Å². The summed E-state index contributed by atoms with van der Waals surface area (Å²) in [5, 5.41) is 10.8.